The lowest BCUT2D eigenvalue weighted by molar-refractivity contribution is 0.100. The molecule has 1 saturated carbocycles. The number of aromatic nitrogens is 3. The summed E-state index contributed by atoms with van der Waals surface area (Å²) >= 11 is 0. The van der Waals surface area contributed by atoms with Crippen LogP contribution < -0.4 is 10.6 Å². The predicted octanol–water partition coefficient (Wildman–Crippen LogP) is 3.21. The number of rotatable bonds is 5. The molecule has 1 aliphatic carbocycles. The molecule has 7 nitrogen and oxygen atoms in total. The number of anilines is 1. The second-order valence-corrected chi connectivity index (χ2v) is 7.26. The minimum atomic E-state index is -0.247. The summed E-state index contributed by atoms with van der Waals surface area (Å²) in [5.41, 5.74) is 2.10. The van der Waals surface area contributed by atoms with E-state index in [9.17, 15) is 4.79 Å². The van der Waals surface area contributed by atoms with Crippen LogP contribution in [-0.4, -0.2) is 33.4 Å². The van der Waals surface area contributed by atoms with Crippen molar-refractivity contribution in [2.75, 3.05) is 11.9 Å². The minimum Gasteiger partial charge on any atom is -0.371 e. The molecular formula is C19H25N5O2. The number of carbonyl (C=O) groups is 1. The van der Waals surface area contributed by atoms with Crippen LogP contribution in [0, 0.1) is 12.8 Å². The van der Waals surface area contributed by atoms with Crippen LogP contribution >= 0.6 is 0 Å². The van der Waals surface area contributed by atoms with Crippen LogP contribution in [0.2, 0.25) is 0 Å². The van der Waals surface area contributed by atoms with Gasteiger partial charge in [-0.2, -0.15) is 5.10 Å². The molecule has 1 aliphatic heterocycles. The van der Waals surface area contributed by atoms with E-state index >= 15 is 0 Å². The van der Waals surface area contributed by atoms with Gasteiger partial charge in [0.1, 0.15) is 6.10 Å². The van der Waals surface area contributed by atoms with Gasteiger partial charge in [-0.1, -0.05) is 0 Å². The third kappa shape index (κ3) is 3.58. The van der Waals surface area contributed by atoms with E-state index in [1.807, 2.05) is 29.8 Å². The molecule has 138 valence electrons. The van der Waals surface area contributed by atoms with Crippen LogP contribution in [-0.2, 0) is 4.74 Å². The first-order valence-electron chi connectivity index (χ1n) is 9.27. The summed E-state index contributed by atoms with van der Waals surface area (Å²) < 4.78 is 7.82. The summed E-state index contributed by atoms with van der Waals surface area (Å²) in [4.78, 5) is 16.5. The second-order valence-electron chi connectivity index (χ2n) is 7.26. The molecule has 4 rings (SSSR count). The molecular weight excluding hydrogens is 330 g/mol. The van der Waals surface area contributed by atoms with E-state index < -0.39 is 0 Å². The van der Waals surface area contributed by atoms with Gasteiger partial charge in [-0.05, 0) is 56.7 Å². The molecule has 0 radical (unpaired) electrons. The number of hydrogen-bond donors (Lipinski definition) is 2. The molecule has 3 heterocycles. The monoisotopic (exact) mass is 355 g/mol. The zero-order valence-corrected chi connectivity index (χ0v) is 15.2. The molecule has 2 aromatic rings. The number of hydrogen-bond acceptors (Lipinski definition) is 4. The molecule has 1 unspecified atom stereocenters. The number of pyridine rings is 1. The van der Waals surface area contributed by atoms with E-state index in [1.165, 1.54) is 12.8 Å². The average Bonchev–Trinajstić information content (AvgIpc) is 3.29. The zero-order valence-electron chi connectivity index (χ0n) is 15.2. The van der Waals surface area contributed by atoms with E-state index in [1.54, 1.807) is 12.4 Å². The Kier molecular flexibility index (Phi) is 4.63. The number of amides is 2. The first-order valence-corrected chi connectivity index (χ1v) is 9.27. The number of aryl methyl sites for hydroxylation is 1. The molecule has 0 spiro atoms. The van der Waals surface area contributed by atoms with E-state index in [0.717, 1.165) is 17.7 Å². The van der Waals surface area contributed by atoms with Crippen LogP contribution in [0.3, 0.4) is 0 Å². The van der Waals surface area contributed by atoms with E-state index in [0.29, 0.717) is 24.4 Å². The Balaban J connectivity index is 1.38. The van der Waals surface area contributed by atoms with Crippen LogP contribution in [0.4, 0.5) is 10.6 Å². The minimum absolute atomic E-state index is 0.0639. The summed E-state index contributed by atoms with van der Waals surface area (Å²) in [5, 5.41) is 10.5. The highest BCUT2D eigenvalue weighted by molar-refractivity contribution is 5.88. The Morgan fingerprint density at radius 1 is 1.31 bits per heavy atom. The summed E-state index contributed by atoms with van der Waals surface area (Å²) in [6, 6.07) is 5.84. The SMILES string of the molecule is Cc1cc(NC(=O)N[C@@H]2CCO[C@H]2c2ccncc2)nn1C(C)C1CC1. The predicted molar refractivity (Wildman–Crippen MR) is 97.9 cm³/mol. The van der Waals surface area contributed by atoms with Gasteiger partial charge in [-0.25, -0.2) is 4.79 Å². The molecule has 2 aromatic heterocycles. The Labute approximate surface area is 153 Å². The maximum Gasteiger partial charge on any atom is 0.320 e. The molecule has 1 saturated heterocycles. The van der Waals surface area contributed by atoms with Crippen molar-refractivity contribution in [3.63, 3.8) is 0 Å². The third-order valence-corrected chi connectivity index (χ3v) is 5.30. The summed E-state index contributed by atoms with van der Waals surface area (Å²) in [5.74, 6) is 1.30. The van der Waals surface area contributed by atoms with Crippen molar-refractivity contribution in [3.05, 3.63) is 41.9 Å². The Bertz CT molecular complexity index is 771. The fraction of sp³-hybridized carbons (Fsp3) is 0.526. The highest BCUT2D eigenvalue weighted by Gasteiger charge is 2.32. The van der Waals surface area contributed by atoms with Crippen molar-refractivity contribution in [1.29, 1.82) is 0 Å². The Hall–Kier alpha value is -2.41. The second kappa shape index (κ2) is 7.07. The van der Waals surface area contributed by atoms with Gasteiger partial charge in [0.05, 0.1) is 12.1 Å². The van der Waals surface area contributed by atoms with Crippen LogP contribution in [0.15, 0.2) is 30.6 Å². The molecule has 26 heavy (non-hydrogen) atoms. The van der Waals surface area contributed by atoms with Crippen molar-refractivity contribution in [3.8, 4) is 0 Å². The van der Waals surface area contributed by atoms with Crippen molar-refractivity contribution >= 4 is 11.8 Å². The van der Waals surface area contributed by atoms with Gasteiger partial charge in [0.2, 0.25) is 0 Å². The largest absolute Gasteiger partial charge is 0.371 e. The summed E-state index contributed by atoms with van der Waals surface area (Å²) in [7, 11) is 0. The summed E-state index contributed by atoms with van der Waals surface area (Å²) in [6.45, 7) is 4.85. The number of urea groups is 1. The van der Waals surface area contributed by atoms with E-state index in [4.69, 9.17) is 4.74 Å². The van der Waals surface area contributed by atoms with Gasteiger partial charge >= 0.3 is 6.03 Å². The van der Waals surface area contributed by atoms with Gasteiger partial charge in [0.25, 0.3) is 0 Å². The average molecular weight is 355 g/mol. The maximum atomic E-state index is 12.4. The number of ether oxygens (including phenoxy) is 1. The van der Waals surface area contributed by atoms with Crippen LogP contribution in [0.1, 0.15) is 49.6 Å². The third-order valence-electron chi connectivity index (χ3n) is 5.30. The molecule has 0 aromatic carbocycles. The Morgan fingerprint density at radius 3 is 2.81 bits per heavy atom. The molecule has 7 heteroatoms. The van der Waals surface area contributed by atoms with Crippen molar-refractivity contribution in [1.82, 2.24) is 20.1 Å². The van der Waals surface area contributed by atoms with E-state index in [-0.39, 0.29) is 18.2 Å². The van der Waals surface area contributed by atoms with Gasteiger partial charge in [-0.15, -0.1) is 0 Å². The quantitative estimate of drug-likeness (QED) is 0.863. The lowest BCUT2D eigenvalue weighted by Gasteiger charge is -2.20. The topological polar surface area (TPSA) is 81.1 Å². The number of nitrogens with zero attached hydrogens (tertiary/aromatic N) is 3. The molecule has 3 atom stereocenters. The molecule has 2 N–H and O–H groups in total. The van der Waals surface area contributed by atoms with Crippen LogP contribution in [0.25, 0.3) is 0 Å². The normalized spacial score (nSPS) is 23.6. The number of carbonyl (C=O) groups excluding carboxylic acids is 1. The first-order chi connectivity index (χ1) is 12.6. The highest BCUT2D eigenvalue weighted by atomic mass is 16.5. The van der Waals surface area contributed by atoms with Crippen molar-refractivity contribution in [2.45, 2.75) is 51.3 Å². The molecule has 2 amide bonds. The number of nitrogens with one attached hydrogen (secondary N) is 2. The van der Waals surface area contributed by atoms with Gasteiger partial charge in [-0.3, -0.25) is 15.0 Å². The van der Waals surface area contributed by atoms with E-state index in [2.05, 4.69) is 27.6 Å². The van der Waals surface area contributed by atoms with Gasteiger partial charge in [0.15, 0.2) is 5.82 Å². The lowest BCUT2D eigenvalue weighted by Crippen LogP contribution is -2.39. The van der Waals surface area contributed by atoms with Gasteiger partial charge in [0, 0.05) is 30.8 Å². The molecule has 2 aliphatic rings. The summed E-state index contributed by atoms with van der Waals surface area (Å²) in [6.07, 6.45) is 6.66. The van der Waals surface area contributed by atoms with Crippen molar-refractivity contribution < 1.29 is 9.53 Å². The van der Waals surface area contributed by atoms with Gasteiger partial charge < -0.3 is 10.1 Å². The maximum absolute atomic E-state index is 12.4. The highest BCUT2D eigenvalue weighted by Crippen LogP contribution is 2.39. The fourth-order valence-electron chi connectivity index (χ4n) is 3.68. The zero-order chi connectivity index (χ0) is 18.1. The standard InChI is InChI=1S/C19H25N5O2/c1-12-11-17(23-24(12)13(2)14-3-4-14)22-19(25)21-16-7-10-26-18(16)15-5-8-20-9-6-15/h5-6,8-9,11,13-14,16,18H,3-4,7,10H2,1-2H3,(H2,21,22,23,25)/t13?,16-,18+/m1/s1. The lowest BCUT2D eigenvalue weighted by atomic mass is 10.0. The fourth-order valence-corrected chi connectivity index (χ4v) is 3.68. The Morgan fingerprint density at radius 2 is 2.08 bits per heavy atom. The van der Waals surface area contributed by atoms with Crippen molar-refractivity contribution in [2.24, 2.45) is 5.92 Å². The van der Waals surface area contributed by atoms with Crippen LogP contribution in [0.5, 0.6) is 0 Å². The molecule has 0 bridgehead atoms. The smallest absolute Gasteiger partial charge is 0.320 e. The molecule has 2 fully saturated rings. The first kappa shape index (κ1) is 17.0.